The Hall–Kier alpha value is -3.68. The molecule has 1 unspecified atom stereocenters. The minimum atomic E-state index is -0.564. The SMILES string of the molecule is CNC(=O)C(NC(=O)c1ccc(-c2ccc(OCc3cccnc3)cn2)o1)C1CCCCC1. The molecule has 33 heavy (non-hydrogen) atoms. The molecule has 2 amide bonds. The number of carbonyl (C=O) groups excluding carboxylic acids is 2. The summed E-state index contributed by atoms with van der Waals surface area (Å²) < 4.78 is 11.5. The fraction of sp³-hybridized carbons (Fsp3) is 0.360. The quantitative estimate of drug-likeness (QED) is 0.544. The predicted molar refractivity (Wildman–Crippen MR) is 122 cm³/mol. The normalized spacial score (nSPS) is 14.9. The molecular weight excluding hydrogens is 420 g/mol. The second kappa shape index (κ2) is 10.8. The van der Waals surface area contributed by atoms with E-state index in [1.165, 1.54) is 6.42 Å². The van der Waals surface area contributed by atoms with Gasteiger partial charge in [-0.1, -0.05) is 25.3 Å². The molecule has 0 aromatic carbocycles. The molecule has 1 saturated carbocycles. The van der Waals surface area contributed by atoms with Gasteiger partial charge >= 0.3 is 0 Å². The number of amides is 2. The average molecular weight is 449 g/mol. The van der Waals surface area contributed by atoms with Crippen LogP contribution in [0, 0.1) is 5.92 Å². The molecular formula is C25H28N4O4. The third kappa shape index (κ3) is 5.77. The van der Waals surface area contributed by atoms with Gasteiger partial charge in [0.25, 0.3) is 5.91 Å². The van der Waals surface area contributed by atoms with Crippen LogP contribution in [0.5, 0.6) is 5.75 Å². The first-order valence-electron chi connectivity index (χ1n) is 11.2. The average Bonchev–Trinajstić information content (AvgIpc) is 3.37. The van der Waals surface area contributed by atoms with Gasteiger partial charge in [-0.15, -0.1) is 0 Å². The zero-order valence-corrected chi connectivity index (χ0v) is 18.6. The molecule has 172 valence electrons. The molecule has 1 aliphatic rings. The molecule has 0 bridgehead atoms. The van der Waals surface area contributed by atoms with Crippen molar-refractivity contribution in [3.8, 4) is 17.2 Å². The van der Waals surface area contributed by atoms with E-state index in [0.29, 0.717) is 23.8 Å². The molecule has 8 nitrogen and oxygen atoms in total. The van der Waals surface area contributed by atoms with Crippen molar-refractivity contribution in [1.82, 2.24) is 20.6 Å². The molecule has 0 radical (unpaired) electrons. The van der Waals surface area contributed by atoms with E-state index in [4.69, 9.17) is 9.15 Å². The summed E-state index contributed by atoms with van der Waals surface area (Å²) in [6.07, 6.45) is 10.3. The number of hydrogen-bond acceptors (Lipinski definition) is 6. The van der Waals surface area contributed by atoms with Crippen molar-refractivity contribution in [2.45, 2.75) is 44.8 Å². The number of hydrogen-bond donors (Lipinski definition) is 2. The molecule has 8 heteroatoms. The van der Waals surface area contributed by atoms with Crippen molar-refractivity contribution in [2.75, 3.05) is 7.05 Å². The molecule has 0 spiro atoms. The van der Waals surface area contributed by atoms with Gasteiger partial charge in [-0.2, -0.15) is 0 Å². The summed E-state index contributed by atoms with van der Waals surface area (Å²) in [7, 11) is 1.59. The highest BCUT2D eigenvalue weighted by molar-refractivity contribution is 5.96. The van der Waals surface area contributed by atoms with E-state index in [1.54, 1.807) is 49.9 Å². The Bertz CT molecular complexity index is 1060. The molecule has 0 aliphatic heterocycles. The summed E-state index contributed by atoms with van der Waals surface area (Å²) in [5.74, 6) is 0.787. The number of likely N-dealkylation sites (N-methyl/N-ethyl adjacent to an activating group) is 1. The summed E-state index contributed by atoms with van der Waals surface area (Å²) in [5, 5.41) is 5.54. The van der Waals surface area contributed by atoms with E-state index in [0.717, 1.165) is 31.2 Å². The third-order valence-corrected chi connectivity index (χ3v) is 5.88. The maximum absolute atomic E-state index is 12.8. The zero-order chi connectivity index (χ0) is 23.0. The standard InChI is InChI=1S/C25H28N4O4/c1-26-25(31)23(18-7-3-2-4-8-18)29-24(30)22-12-11-21(33-22)20-10-9-19(15-28-20)32-16-17-6-5-13-27-14-17/h5-6,9-15,18,23H,2-4,7-8,16H2,1H3,(H,26,31)(H,29,30). The van der Waals surface area contributed by atoms with Gasteiger partial charge in [-0.3, -0.25) is 14.6 Å². The van der Waals surface area contributed by atoms with Gasteiger partial charge in [0.05, 0.1) is 6.20 Å². The Morgan fingerprint density at radius 3 is 2.67 bits per heavy atom. The maximum atomic E-state index is 12.8. The number of ether oxygens (including phenoxy) is 1. The fourth-order valence-corrected chi connectivity index (χ4v) is 4.09. The molecule has 4 rings (SSSR count). The molecule has 3 aromatic heterocycles. The number of nitrogens with one attached hydrogen (secondary N) is 2. The lowest BCUT2D eigenvalue weighted by molar-refractivity contribution is -0.124. The summed E-state index contributed by atoms with van der Waals surface area (Å²) in [4.78, 5) is 33.6. The first-order valence-corrected chi connectivity index (χ1v) is 11.2. The second-order valence-corrected chi connectivity index (χ2v) is 8.16. The van der Waals surface area contributed by atoms with Crippen molar-refractivity contribution in [1.29, 1.82) is 0 Å². The minimum absolute atomic E-state index is 0.137. The van der Waals surface area contributed by atoms with E-state index in [2.05, 4.69) is 20.6 Å². The lowest BCUT2D eigenvalue weighted by Gasteiger charge is -2.29. The minimum Gasteiger partial charge on any atom is -0.487 e. The van der Waals surface area contributed by atoms with Crippen LogP contribution in [0.3, 0.4) is 0 Å². The van der Waals surface area contributed by atoms with Crippen LogP contribution in [0.15, 0.2) is 59.4 Å². The first kappa shape index (κ1) is 22.5. The van der Waals surface area contributed by atoms with E-state index in [1.807, 2.05) is 12.1 Å². The molecule has 1 aliphatic carbocycles. The van der Waals surface area contributed by atoms with Gasteiger partial charge < -0.3 is 19.8 Å². The maximum Gasteiger partial charge on any atom is 0.287 e. The molecule has 2 N–H and O–H groups in total. The topological polar surface area (TPSA) is 106 Å². The number of furan rings is 1. The van der Waals surface area contributed by atoms with Crippen LogP contribution in [0.4, 0.5) is 0 Å². The van der Waals surface area contributed by atoms with Crippen LogP contribution in [0.2, 0.25) is 0 Å². The number of carbonyl (C=O) groups is 2. The first-order chi connectivity index (χ1) is 16.1. The number of nitrogens with zero attached hydrogens (tertiary/aromatic N) is 2. The predicted octanol–water partition coefficient (Wildman–Crippen LogP) is 3.74. The lowest BCUT2D eigenvalue weighted by atomic mass is 9.83. The highest BCUT2D eigenvalue weighted by atomic mass is 16.5. The Kier molecular flexibility index (Phi) is 7.34. The summed E-state index contributed by atoms with van der Waals surface area (Å²) >= 11 is 0. The Morgan fingerprint density at radius 2 is 1.97 bits per heavy atom. The van der Waals surface area contributed by atoms with E-state index < -0.39 is 11.9 Å². The van der Waals surface area contributed by atoms with Crippen molar-refractivity contribution >= 4 is 11.8 Å². The molecule has 3 aromatic rings. The Morgan fingerprint density at radius 1 is 1.12 bits per heavy atom. The van der Waals surface area contributed by atoms with Gasteiger partial charge in [-0.25, -0.2) is 4.98 Å². The van der Waals surface area contributed by atoms with Gasteiger partial charge in [0.2, 0.25) is 5.91 Å². The van der Waals surface area contributed by atoms with Crippen molar-refractivity contribution in [2.24, 2.45) is 5.92 Å². The van der Waals surface area contributed by atoms with E-state index >= 15 is 0 Å². The Labute approximate surface area is 192 Å². The zero-order valence-electron chi connectivity index (χ0n) is 18.6. The smallest absolute Gasteiger partial charge is 0.287 e. The fourth-order valence-electron chi connectivity index (χ4n) is 4.09. The second-order valence-electron chi connectivity index (χ2n) is 8.16. The number of rotatable bonds is 8. The monoisotopic (exact) mass is 448 g/mol. The van der Waals surface area contributed by atoms with E-state index in [9.17, 15) is 9.59 Å². The summed E-state index contributed by atoms with van der Waals surface area (Å²) in [6, 6.07) is 10.1. The number of pyridine rings is 2. The molecule has 1 fully saturated rings. The summed E-state index contributed by atoms with van der Waals surface area (Å²) in [5.41, 5.74) is 1.55. The van der Waals surface area contributed by atoms with Crippen LogP contribution in [-0.2, 0) is 11.4 Å². The van der Waals surface area contributed by atoms with Gasteiger partial charge in [0.1, 0.15) is 24.1 Å². The van der Waals surface area contributed by atoms with E-state index in [-0.39, 0.29) is 17.6 Å². The van der Waals surface area contributed by atoms with Crippen LogP contribution < -0.4 is 15.4 Å². The highest BCUT2D eigenvalue weighted by Gasteiger charge is 2.31. The lowest BCUT2D eigenvalue weighted by Crippen LogP contribution is -2.50. The third-order valence-electron chi connectivity index (χ3n) is 5.88. The van der Waals surface area contributed by atoms with Gasteiger partial charge in [-0.05, 0) is 49.1 Å². The van der Waals surface area contributed by atoms with Crippen molar-refractivity contribution in [3.63, 3.8) is 0 Å². The molecule has 1 atom stereocenters. The summed E-state index contributed by atoms with van der Waals surface area (Å²) in [6.45, 7) is 0.396. The van der Waals surface area contributed by atoms with Crippen LogP contribution in [0.1, 0.15) is 48.2 Å². The number of aromatic nitrogens is 2. The molecule has 3 heterocycles. The molecule has 0 saturated heterocycles. The van der Waals surface area contributed by atoms with Gasteiger partial charge in [0.15, 0.2) is 11.5 Å². The Balaban J connectivity index is 1.39. The van der Waals surface area contributed by atoms with Gasteiger partial charge in [0, 0.05) is 25.0 Å². The van der Waals surface area contributed by atoms with Crippen LogP contribution >= 0.6 is 0 Å². The highest BCUT2D eigenvalue weighted by Crippen LogP contribution is 2.27. The van der Waals surface area contributed by atoms with Crippen LogP contribution in [0.25, 0.3) is 11.5 Å². The van der Waals surface area contributed by atoms with Crippen molar-refractivity contribution in [3.05, 3.63) is 66.3 Å². The van der Waals surface area contributed by atoms with Crippen molar-refractivity contribution < 1.29 is 18.7 Å². The van der Waals surface area contributed by atoms with Crippen LogP contribution in [-0.4, -0.2) is 34.9 Å². The largest absolute Gasteiger partial charge is 0.487 e.